The summed E-state index contributed by atoms with van der Waals surface area (Å²) in [6, 6.07) is -0.0274. The summed E-state index contributed by atoms with van der Waals surface area (Å²) in [6.07, 6.45) is -0.596. The normalized spacial score (nSPS) is 21.4. The summed E-state index contributed by atoms with van der Waals surface area (Å²) in [4.78, 5) is 15.3. The van der Waals surface area contributed by atoms with Gasteiger partial charge in [0.05, 0.1) is 5.57 Å². The highest BCUT2D eigenvalue weighted by atomic mass is 19.4. The lowest BCUT2D eigenvalue weighted by molar-refractivity contribution is -0.117. The van der Waals surface area contributed by atoms with Crippen molar-refractivity contribution in [2.24, 2.45) is 16.6 Å². The molecule has 2 aliphatic carbocycles. The topological polar surface area (TPSA) is 67.5 Å². The molecule has 0 saturated heterocycles. The Balaban J connectivity index is 2.13. The van der Waals surface area contributed by atoms with Gasteiger partial charge in [0.25, 0.3) is 5.91 Å². The van der Waals surface area contributed by atoms with Crippen LogP contribution < -0.4 is 11.1 Å². The number of nitrogens with two attached hydrogens (primary N) is 1. The molecule has 2 saturated carbocycles. The van der Waals surface area contributed by atoms with Crippen molar-refractivity contribution in [3.05, 3.63) is 11.8 Å². The van der Waals surface area contributed by atoms with Crippen molar-refractivity contribution >= 4 is 11.6 Å². The fraction of sp³-hybridized carbons (Fsp3) is 0.667. The van der Waals surface area contributed by atoms with Gasteiger partial charge < -0.3 is 11.1 Å². The maximum atomic E-state index is 12.9. The third-order valence-corrected chi connectivity index (χ3v) is 3.05. The highest BCUT2D eigenvalue weighted by molar-refractivity contribution is 6.23. The standard InChI is InChI=1S/C12H16F3N3O/c13-12(14,15)10(17-6-7-1-2-7)9(5-16)11(19)18-8-3-4-8/h5,7-8H,1-4,6,16H2,(H,18,19). The van der Waals surface area contributed by atoms with Gasteiger partial charge in [0, 0.05) is 18.8 Å². The van der Waals surface area contributed by atoms with Crippen LogP contribution in [-0.2, 0) is 4.79 Å². The molecule has 4 nitrogen and oxygen atoms in total. The molecule has 0 radical (unpaired) electrons. The van der Waals surface area contributed by atoms with Crippen LogP contribution >= 0.6 is 0 Å². The molecule has 106 valence electrons. The zero-order chi connectivity index (χ0) is 14.0. The Hall–Kier alpha value is -1.53. The molecule has 3 N–H and O–H groups in total. The van der Waals surface area contributed by atoms with Gasteiger partial charge in [-0.3, -0.25) is 9.79 Å². The average Bonchev–Trinajstić information content (AvgIpc) is 3.15. The van der Waals surface area contributed by atoms with Gasteiger partial charge in [0.1, 0.15) is 0 Å². The van der Waals surface area contributed by atoms with Crippen LogP contribution in [0.2, 0.25) is 0 Å². The minimum absolute atomic E-state index is 0.0274. The molecule has 0 heterocycles. The lowest BCUT2D eigenvalue weighted by Crippen LogP contribution is -2.36. The predicted octanol–water partition coefficient (Wildman–Crippen LogP) is 1.52. The molecular weight excluding hydrogens is 259 g/mol. The third-order valence-electron chi connectivity index (χ3n) is 3.05. The highest BCUT2D eigenvalue weighted by Gasteiger charge is 2.41. The Morgan fingerprint density at radius 3 is 2.37 bits per heavy atom. The van der Waals surface area contributed by atoms with Gasteiger partial charge in [-0.2, -0.15) is 13.2 Å². The number of nitrogens with one attached hydrogen (secondary N) is 1. The molecule has 2 fully saturated rings. The van der Waals surface area contributed by atoms with Crippen molar-refractivity contribution in [2.45, 2.75) is 37.9 Å². The minimum atomic E-state index is -4.67. The number of carbonyl (C=O) groups is 1. The van der Waals surface area contributed by atoms with E-state index in [1.54, 1.807) is 0 Å². The Kier molecular flexibility index (Phi) is 3.82. The number of hydrogen-bond acceptors (Lipinski definition) is 3. The Bertz CT molecular complexity index is 420. The van der Waals surface area contributed by atoms with E-state index >= 15 is 0 Å². The van der Waals surface area contributed by atoms with Crippen LogP contribution in [0.3, 0.4) is 0 Å². The molecule has 0 spiro atoms. The maximum absolute atomic E-state index is 12.9. The summed E-state index contributed by atoms with van der Waals surface area (Å²) in [5.74, 6) is -0.584. The molecule has 7 heteroatoms. The third kappa shape index (κ3) is 3.97. The summed E-state index contributed by atoms with van der Waals surface area (Å²) in [6.45, 7) is 0.100. The van der Waals surface area contributed by atoms with Crippen molar-refractivity contribution < 1.29 is 18.0 Å². The second-order valence-corrected chi connectivity index (χ2v) is 4.96. The zero-order valence-electron chi connectivity index (χ0n) is 10.3. The van der Waals surface area contributed by atoms with E-state index in [1.165, 1.54) is 0 Å². The number of nitrogens with zero attached hydrogens (tertiary/aromatic N) is 1. The SMILES string of the molecule is NC=C(C(=O)NC1CC1)C(=NCC1CC1)C(F)(F)F. The van der Waals surface area contributed by atoms with E-state index < -0.39 is 23.4 Å². The van der Waals surface area contributed by atoms with Crippen LogP contribution in [0.1, 0.15) is 25.7 Å². The second-order valence-electron chi connectivity index (χ2n) is 4.96. The zero-order valence-corrected chi connectivity index (χ0v) is 10.3. The Morgan fingerprint density at radius 2 is 1.95 bits per heavy atom. The van der Waals surface area contributed by atoms with Crippen molar-refractivity contribution in [3.8, 4) is 0 Å². The maximum Gasteiger partial charge on any atom is 0.433 e. The first kappa shape index (κ1) is 13.9. The number of amides is 1. The number of halogens is 3. The number of rotatable bonds is 5. The molecule has 1 amide bonds. The summed E-state index contributed by atoms with van der Waals surface area (Å²) in [7, 11) is 0. The summed E-state index contributed by atoms with van der Waals surface area (Å²) in [5.41, 5.74) is 3.44. The lowest BCUT2D eigenvalue weighted by Gasteiger charge is -2.13. The van der Waals surface area contributed by atoms with E-state index in [1.807, 2.05) is 0 Å². The number of alkyl halides is 3. The molecule has 0 aromatic heterocycles. The molecule has 0 bridgehead atoms. The molecule has 0 aromatic rings. The van der Waals surface area contributed by atoms with Crippen LogP contribution in [0.15, 0.2) is 16.8 Å². The first-order chi connectivity index (χ1) is 8.91. The highest BCUT2D eigenvalue weighted by Crippen LogP contribution is 2.30. The summed E-state index contributed by atoms with van der Waals surface area (Å²) < 4.78 is 38.8. The molecular formula is C12H16F3N3O. The number of hydrogen-bond donors (Lipinski definition) is 2. The molecule has 2 aliphatic rings. The van der Waals surface area contributed by atoms with E-state index in [0.717, 1.165) is 25.7 Å². The van der Waals surface area contributed by atoms with Gasteiger partial charge in [-0.1, -0.05) is 0 Å². The van der Waals surface area contributed by atoms with Crippen molar-refractivity contribution in [2.75, 3.05) is 6.54 Å². The largest absolute Gasteiger partial charge is 0.433 e. The van der Waals surface area contributed by atoms with Crippen LogP contribution in [0.25, 0.3) is 0 Å². The fourth-order valence-electron chi connectivity index (χ4n) is 1.60. The fourth-order valence-corrected chi connectivity index (χ4v) is 1.60. The summed E-state index contributed by atoms with van der Waals surface area (Å²) >= 11 is 0. The average molecular weight is 275 g/mol. The van der Waals surface area contributed by atoms with Gasteiger partial charge in [0.2, 0.25) is 0 Å². The van der Waals surface area contributed by atoms with Crippen molar-refractivity contribution in [1.82, 2.24) is 5.32 Å². The van der Waals surface area contributed by atoms with Crippen LogP contribution in [0.4, 0.5) is 13.2 Å². The van der Waals surface area contributed by atoms with E-state index in [9.17, 15) is 18.0 Å². The van der Waals surface area contributed by atoms with E-state index in [4.69, 9.17) is 5.73 Å². The van der Waals surface area contributed by atoms with Gasteiger partial charge in [-0.15, -0.1) is 0 Å². The molecule has 0 unspecified atom stereocenters. The minimum Gasteiger partial charge on any atom is -0.404 e. The second kappa shape index (κ2) is 5.22. The van der Waals surface area contributed by atoms with E-state index in [-0.39, 0.29) is 18.5 Å². The molecule has 0 aromatic carbocycles. The van der Waals surface area contributed by atoms with Crippen LogP contribution in [-0.4, -0.2) is 30.4 Å². The van der Waals surface area contributed by atoms with Crippen molar-refractivity contribution in [1.29, 1.82) is 0 Å². The van der Waals surface area contributed by atoms with E-state index in [2.05, 4.69) is 10.3 Å². The molecule has 2 rings (SSSR count). The quantitative estimate of drug-likeness (QED) is 0.590. The van der Waals surface area contributed by atoms with Gasteiger partial charge >= 0.3 is 6.18 Å². The molecule has 0 atom stereocenters. The van der Waals surface area contributed by atoms with Crippen LogP contribution in [0.5, 0.6) is 0 Å². The monoisotopic (exact) mass is 275 g/mol. The molecule has 0 aliphatic heterocycles. The van der Waals surface area contributed by atoms with Gasteiger partial charge in [-0.05, 0) is 31.6 Å². The van der Waals surface area contributed by atoms with Crippen LogP contribution in [0, 0.1) is 5.92 Å². The first-order valence-corrected chi connectivity index (χ1v) is 6.26. The number of carbonyl (C=O) groups excluding carboxylic acids is 1. The Morgan fingerprint density at radius 1 is 1.32 bits per heavy atom. The predicted molar refractivity (Wildman–Crippen MR) is 64.5 cm³/mol. The number of aliphatic imine (C=N–C) groups is 1. The van der Waals surface area contributed by atoms with Crippen molar-refractivity contribution in [3.63, 3.8) is 0 Å². The van der Waals surface area contributed by atoms with Gasteiger partial charge in [-0.25, -0.2) is 0 Å². The van der Waals surface area contributed by atoms with E-state index in [0.29, 0.717) is 6.20 Å². The smallest absolute Gasteiger partial charge is 0.404 e. The first-order valence-electron chi connectivity index (χ1n) is 6.26. The Labute approximate surface area is 108 Å². The van der Waals surface area contributed by atoms with Gasteiger partial charge in [0.15, 0.2) is 5.71 Å². The summed E-state index contributed by atoms with van der Waals surface area (Å²) in [5, 5.41) is 2.49. The lowest BCUT2D eigenvalue weighted by atomic mass is 10.1. The molecule has 19 heavy (non-hydrogen) atoms.